The first-order valence-corrected chi connectivity index (χ1v) is 8.85. The van der Waals surface area contributed by atoms with Gasteiger partial charge in [0.05, 0.1) is 0 Å². The molecule has 4 N–H and O–H groups in total. The Bertz CT molecular complexity index is 735. The fourth-order valence-corrected chi connectivity index (χ4v) is 3.40. The maximum atomic E-state index is 5.73. The van der Waals surface area contributed by atoms with Crippen LogP contribution in [0.5, 0.6) is 0 Å². The van der Waals surface area contributed by atoms with Crippen LogP contribution in [0.25, 0.3) is 21.5 Å². The third kappa shape index (κ3) is 3.75. The Morgan fingerprint density at radius 1 is 0.708 bits per heavy atom. The lowest BCUT2D eigenvalue weighted by molar-refractivity contribution is 0.263. The largest absolute Gasteiger partial charge is 0.330 e. The van der Waals surface area contributed by atoms with E-state index in [0.717, 1.165) is 45.6 Å². The Kier molecular flexibility index (Phi) is 5.81. The monoisotopic (exact) mass is 321 g/mol. The van der Waals surface area contributed by atoms with Gasteiger partial charge in [0.1, 0.15) is 0 Å². The van der Waals surface area contributed by atoms with Crippen LogP contribution in [0.4, 0.5) is 0 Å². The number of fused-ring (bicyclic) bond motifs is 2. The van der Waals surface area contributed by atoms with Gasteiger partial charge in [-0.25, -0.2) is 0 Å². The van der Waals surface area contributed by atoms with E-state index in [0.29, 0.717) is 0 Å². The van der Waals surface area contributed by atoms with Crippen molar-refractivity contribution in [2.45, 2.75) is 19.4 Å². The Hall–Kier alpha value is -1.94. The minimum absolute atomic E-state index is 0.732. The maximum absolute atomic E-state index is 5.73. The highest BCUT2D eigenvalue weighted by molar-refractivity contribution is 6.02. The highest BCUT2D eigenvalue weighted by Crippen LogP contribution is 2.29. The zero-order chi connectivity index (χ0) is 16.8. The standard InChI is InChI=1S/C21H27N3/c22-11-5-13-24(14-6-12-23)16-21-19-9-3-1-7-17(19)15-18-8-2-4-10-20(18)21/h1-4,7-10,15H,5-6,11-14,16,22-23H2. The van der Waals surface area contributed by atoms with E-state index in [1.54, 1.807) is 0 Å². The minimum atomic E-state index is 0.732. The van der Waals surface area contributed by atoms with E-state index in [2.05, 4.69) is 59.5 Å². The molecule has 3 aromatic carbocycles. The normalized spacial score (nSPS) is 11.6. The van der Waals surface area contributed by atoms with Crippen LogP contribution in [0.2, 0.25) is 0 Å². The molecule has 0 saturated heterocycles. The van der Waals surface area contributed by atoms with E-state index in [9.17, 15) is 0 Å². The molecule has 3 aromatic rings. The fourth-order valence-electron chi connectivity index (χ4n) is 3.40. The molecule has 0 aliphatic rings. The average Bonchev–Trinajstić information content (AvgIpc) is 2.63. The molecule has 126 valence electrons. The predicted octanol–water partition coefficient (Wildman–Crippen LogP) is 3.49. The van der Waals surface area contributed by atoms with E-state index < -0.39 is 0 Å². The van der Waals surface area contributed by atoms with E-state index in [1.807, 2.05) is 0 Å². The van der Waals surface area contributed by atoms with Crippen molar-refractivity contribution in [3.8, 4) is 0 Å². The van der Waals surface area contributed by atoms with Crippen LogP contribution in [0.1, 0.15) is 18.4 Å². The molecule has 0 bridgehead atoms. The number of hydrogen-bond donors (Lipinski definition) is 2. The lowest BCUT2D eigenvalue weighted by Gasteiger charge is -2.24. The van der Waals surface area contributed by atoms with Gasteiger partial charge in [0.2, 0.25) is 0 Å². The summed E-state index contributed by atoms with van der Waals surface area (Å²) in [6.45, 7) is 4.45. The smallest absolute Gasteiger partial charge is 0.0246 e. The molecule has 3 nitrogen and oxygen atoms in total. The molecule has 0 atom stereocenters. The summed E-state index contributed by atoms with van der Waals surface area (Å²) in [7, 11) is 0. The van der Waals surface area contributed by atoms with Crippen molar-refractivity contribution in [1.82, 2.24) is 4.90 Å². The van der Waals surface area contributed by atoms with Crippen LogP contribution < -0.4 is 11.5 Å². The van der Waals surface area contributed by atoms with E-state index in [4.69, 9.17) is 11.5 Å². The second-order valence-corrected chi connectivity index (χ2v) is 6.36. The molecule has 3 heteroatoms. The molecular formula is C21H27N3. The number of nitrogens with two attached hydrogens (primary N) is 2. The lowest BCUT2D eigenvalue weighted by atomic mass is 9.96. The second-order valence-electron chi connectivity index (χ2n) is 6.36. The summed E-state index contributed by atoms with van der Waals surface area (Å²) < 4.78 is 0. The molecule has 0 aliphatic carbocycles. The van der Waals surface area contributed by atoms with Crippen molar-refractivity contribution in [2.24, 2.45) is 11.5 Å². The quantitative estimate of drug-likeness (QED) is 0.624. The molecule has 3 rings (SSSR count). The second kappa shape index (κ2) is 8.25. The van der Waals surface area contributed by atoms with Crippen molar-refractivity contribution in [3.05, 3.63) is 60.2 Å². The Labute approximate surface area is 144 Å². The molecule has 0 aliphatic heterocycles. The summed E-state index contributed by atoms with van der Waals surface area (Å²) in [5, 5.41) is 5.32. The van der Waals surface area contributed by atoms with Crippen LogP contribution in [-0.4, -0.2) is 31.1 Å². The molecule has 0 amide bonds. The summed E-state index contributed by atoms with van der Waals surface area (Å²) >= 11 is 0. The summed E-state index contributed by atoms with van der Waals surface area (Å²) in [6, 6.07) is 19.7. The van der Waals surface area contributed by atoms with Gasteiger partial charge in [-0.15, -0.1) is 0 Å². The average molecular weight is 321 g/mol. The number of rotatable bonds is 8. The Morgan fingerprint density at radius 3 is 1.71 bits per heavy atom. The zero-order valence-corrected chi connectivity index (χ0v) is 14.2. The topological polar surface area (TPSA) is 55.3 Å². The fraction of sp³-hybridized carbons (Fsp3) is 0.333. The maximum Gasteiger partial charge on any atom is 0.0246 e. The summed E-state index contributed by atoms with van der Waals surface area (Å²) in [4.78, 5) is 2.49. The summed E-state index contributed by atoms with van der Waals surface area (Å²) in [5.41, 5.74) is 12.9. The van der Waals surface area contributed by atoms with Crippen molar-refractivity contribution in [3.63, 3.8) is 0 Å². The highest BCUT2D eigenvalue weighted by atomic mass is 15.1. The van der Waals surface area contributed by atoms with E-state index in [1.165, 1.54) is 27.1 Å². The third-order valence-corrected chi connectivity index (χ3v) is 4.62. The van der Waals surface area contributed by atoms with Gasteiger partial charge in [0, 0.05) is 6.54 Å². The number of benzene rings is 3. The van der Waals surface area contributed by atoms with Gasteiger partial charge in [-0.1, -0.05) is 48.5 Å². The number of nitrogens with zero attached hydrogens (tertiary/aromatic N) is 1. The van der Waals surface area contributed by atoms with E-state index in [-0.39, 0.29) is 0 Å². The van der Waals surface area contributed by atoms with Crippen LogP contribution >= 0.6 is 0 Å². The van der Waals surface area contributed by atoms with Crippen LogP contribution in [0.3, 0.4) is 0 Å². The SMILES string of the molecule is NCCCN(CCCN)Cc1c2ccccc2cc2ccccc12. The van der Waals surface area contributed by atoms with Gasteiger partial charge >= 0.3 is 0 Å². The summed E-state index contributed by atoms with van der Waals surface area (Å²) in [6.07, 6.45) is 2.04. The van der Waals surface area contributed by atoms with Gasteiger partial charge in [-0.05, 0) is 72.2 Å². The Morgan fingerprint density at radius 2 is 1.21 bits per heavy atom. The molecular weight excluding hydrogens is 294 g/mol. The first kappa shape index (κ1) is 16.9. The molecule has 24 heavy (non-hydrogen) atoms. The predicted molar refractivity (Wildman–Crippen MR) is 104 cm³/mol. The van der Waals surface area contributed by atoms with Crippen molar-refractivity contribution < 1.29 is 0 Å². The van der Waals surface area contributed by atoms with Crippen molar-refractivity contribution >= 4 is 21.5 Å². The zero-order valence-electron chi connectivity index (χ0n) is 14.2. The van der Waals surface area contributed by atoms with Gasteiger partial charge in [-0.2, -0.15) is 0 Å². The number of hydrogen-bond acceptors (Lipinski definition) is 3. The van der Waals surface area contributed by atoms with Crippen LogP contribution in [0.15, 0.2) is 54.6 Å². The molecule has 0 saturated carbocycles. The summed E-state index contributed by atoms with van der Waals surface area (Å²) in [5.74, 6) is 0. The molecule has 0 radical (unpaired) electrons. The minimum Gasteiger partial charge on any atom is -0.330 e. The van der Waals surface area contributed by atoms with Gasteiger partial charge in [0.15, 0.2) is 0 Å². The molecule has 0 unspecified atom stereocenters. The third-order valence-electron chi connectivity index (χ3n) is 4.62. The van der Waals surface area contributed by atoms with Crippen molar-refractivity contribution in [2.75, 3.05) is 26.2 Å². The van der Waals surface area contributed by atoms with Gasteiger partial charge in [0.25, 0.3) is 0 Å². The molecule has 0 heterocycles. The molecule has 0 aromatic heterocycles. The highest BCUT2D eigenvalue weighted by Gasteiger charge is 2.11. The van der Waals surface area contributed by atoms with Crippen LogP contribution in [-0.2, 0) is 6.54 Å². The Balaban J connectivity index is 2.03. The van der Waals surface area contributed by atoms with E-state index >= 15 is 0 Å². The van der Waals surface area contributed by atoms with Crippen LogP contribution in [0, 0.1) is 0 Å². The first-order chi connectivity index (χ1) is 11.8. The van der Waals surface area contributed by atoms with Gasteiger partial charge < -0.3 is 11.5 Å². The van der Waals surface area contributed by atoms with Crippen molar-refractivity contribution in [1.29, 1.82) is 0 Å². The molecule has 0 spiro atoms. The molecule has 0 fully saturated rings. The first-order valence-electron chi connectivity index (χ1n) is 8.85. The lowest BCUT2D eigenvalue weighted by Crippen LogP contribution is -2.28. The van der Waals surface area contributed by atoms with Gasteiger partial charge in [-0.3, -0.25) is 4.90 Å².